The first-order chi connectivity index (χ1) is 18.2. The highest BCUT2D eigenvalue weighted by Gasteiger charge is 2.11. The van der Waals surface area contributed by atoms with Crippen molar-refractivity contribution in [2.45, 2.75) is 6.54 Å². The monoisotopic (exact) mass is 499 g/mol. The lowest BCUT2D eigenvalue weighted by molar-refractivity contribution is 0.0322. The second kappa shape index (κ2) is 11.8. The number of hydrogen-bond acceptors (Lipinski definition) is 8. The molecule has 190 valence electrons. The average Bonchev–Trinajstić information content (AvgIpc) is 2.95. The van der Waals surface area contributed by atoms with Gasteiger partial charge in [0, 0.05) is 36.8 Å². The van der Waals surface area contributed by atoms with Gasteiger partial charge in [-0.25, -0.2) is 14.6 Å². The molecular weight excluding hydrogens is 470 g/mol. The van der Waals surface area contributed by atoms with E-state index in [0.717, 1.165) is 55.3 Å². The van der Waals surface area contributed by atoms with Crippen LogP contribution in [0.1, 0.15) is 5.56 Å². The summed E-state index contributed by atoms with van der Waals surface area (Å²) >= 11 is 0. The van der Waals surface area contributed by atoms with Crippen LogP contribution in [0.25, 0.3) is 22.6 Å². The van der Waals surface area contributed by atoms with Gasteiger partial charge in [-0.1, -0.05) is 18.2 Å². The van der Waals surface area contributed by atoms with Gasteiger partial charge in [0.15, 0.2) is 11.6 Å². The first-order valence-corrected chi connectivity index (χ1v) is 12.2. The van der Waals surface area contributed by atoms with E-state index in [0.29, 0.717) is 30.4 Å². The minimum atomic E-state index is -0.169. The van der Waals surface area contributed by atoms with Crippen molar-refractivity contribution in [3.63, 3.8) is 0 Å². The van der Waals surface area contributed by atoms with Crippen molar-refractivity contribution in [2.24, 2.45) is 0 Å². The molecular formula is C28H29N5O4. The van der Waals surface area contributed by atoms with Crippen LogP contribution in [0.2, 0.25) is 0 Å². The predicted octanol–water partition coefficient (Wildman–Crippen LogP) is 3.14. The number of methoxy groups -OCH3 is 1. The van der Waals surface area contributed by atoms with Crippen LogP contribution in [0.4, 0.5) is 0 Å². The molecule has 0 unspecified atom stereocenters. The maximum absolute atomic E-state index is 12.5. The summed E-state index contributed by atoms with van der Waals surface area (Å²) in [6.45, 7) is 5.17. The molecule has 0 amide bonds. The Balaban J connectivity index is 1.25. The molecule has 1 aliphatic rings. The topological polar surface area (TPSA) is 91.6 Å². The Kier molecular flexibility index (Phi) is 7.83. The predicted molar refractivity (Wildman–Crippen MR) is 140 cm³/mol. The number of hydrogen-bond donors (Lipinski definition) is 0. The SMILES string of the molecule is COc1ccc(-c2ccc(=O)n(Cc3cccc(-c4ncc(OCCN5CCOCC5)cn4)c3)n2)cc1. The number of nitrogens with zero attached hydrogens (tertiary/aromatic N) is 5. The van der Waals surface area contributed by atoms with Gasteiger partial charge in [-0.15, -0.1) is 0 Å². The first kappa shape index (κ1) is 24.6. The fraction of sp³-hybridized carbons (Fsp3) is 0.286. The van der Waals surface area contributed by atoms with Crippen LogP contribution in [0.3, 0.4) is 0 Å². The maximum atomic E-state index is 12.5. The molecule has 37 heavy (non-hydrogen) atoms. The fourth-order valence-corrected chi connectivity index (χ4v) is 4.12. The summed E-state index contributed by atoms with van der Waals surface area (Å²) in [6.07, 6.45) is 3.39. The summed E-state index contributed by atoms with van der Waals surface area (Å²) in [5.74, 6) is 2.00. The summed E-state index contributed by atoms with van der Waals surface area (Å²) in [7, 11) is 1.63. The Morgan fingerprint density at radius 2 is 1.70 bits per heavy atom. The van der Waals surface area contributed by atoms with E-state index < -0.39 is 0 Å². The molecule has 2 aromatic heterocycles. The first-order valence-electron chi connectivity index (χ1n) is 12.2. The van der Waals surface area contributed by atoms with Gasteiger partial charge in [0.2, 0.25) is 0 Å². The second-order valence-corrected chi connectivity index (χ2v) is 8.69. The average molecular weight is 500 g/mol. The van der Waals surface area contributed by atoms with E-state index in [1.807, 2.05) is 48.5 Å². The van der Waals surface area contributed by atoms with E-state index in [4.69, 9.17) is 14.2 Å². The third kappa shape index (κ3) is 6.38. The molecule has 9 nitrogen and oxygen atoms in total. The lowest BCUT2D eigenvalue weighted by Gasteiger charge is -2.26. The lowest BCUT2D eigenvalue weighted by atomic mass is 10.1. The standard InChI is InChI=1S/C28H29N5O4/c1-35-24-7-5-22(6-8-24)26-9-10-27(34)33(31-26)20-21-3-2-4-23(17-21)28-29-18-25(19-30-28)37-16-13-32-11-14-36-15-12-32/h2-10,17-19H,11-16,20H2,1H3. The zero-order valence-electron chi connectivity index (χ0n) is 20.7. The largest absolute Gasteiger partial charge is 0.497 e. The van der Waals surface area contributed by atoms with Crippen molar-refractivity contribution in [1.82, 2.24) is 24.6 Å². The molecule has 5 rings (SSSR count). The maximum Gasteiger partial charge on any atom is 0.267 e. The highest BCUT2D eigenvalue weighted by Crippen LogP contribution is 2.21. The van der Waals surface area contributed by atoms with E-state index in [9.17, 15) is 4.79 Å². The van der Waals surface area contributed by atoms with Crippen LogP contribution < -0.4 is 15.0 Å². The summed E-state index contributed by atoms with van der Waals surface area (Å²) in [5.41, 5.74) is 3.23. The second-order valence-electron chi connectivity index (χ2n) is 8.69. The number of aromatic nitrogens is 4. The number of rotatable bonds is 9. The van der Waals surface area contributed by atoms with Crippen molar-refractivity contribution in [2.75, 3.05) is 46.6 Å². The molecule has 3 heterocycles. The summed E-state index contributed by atoms with van der Waals surface area (Å²) in [6, 6.07) is 18.7. The zero-order valence-corrected chi connectivity index (χ0v) is 20.7. The van der Waals surface area contributed by atoms with E-state index in [1.54, 1.807) is 25.6 Å². The highest BCUT2D eigenvalue weighted by atomic mass is 16.5. The van der Waals surface area contributed by atoms with Crippen LogP contribution in [-0.4, -0.2) is 71.2 Å². The van der Waals surface area contributed by atoms with Gasteiger partial charge in [-0.05, 0) is 42.0 Å². The Morgan fingerprint density at radius 1 is 0.919 bits per heavy atom. The molecule has 0 bridgehead atoms. The van der Waals surface area contributed by atoms with Crippen molar-refractivity contribution in [1.29, 1.82) is 0 Å². The molecule has 4 aromatic rings. The lowest BCUT2D eigenvalue weighted by Crippen LogP contribution is -2.38. The van der Waals surface area contributed by atoms with Crippen LogP contribution in [0, 0.1) is 0 Å². The van der Waals surface area contributed by atoms with Gasteiger partial charge in [0.25, 0.3) is 5.56 Å². The third-order valence-corrected chi connectivity index (χ3v) is 6.18. The zero-order chi connectivity index (χ0) is 25.5. The molecule has 1 aliphatic heterocycles. The van der Waals surface area contributed by atoms with Crippen molar-refractivity contribution >= 4 is 0 Å². The van der Waals surface area contributed by atoms with Crippen molar-refractivity contribution < 1.29 is 14.2 Å². The van der Waals surface area contributed by atoms with Crippen molar-refractivity contribution in [3.05, 3.63) is 89.0 Å². The molecule has 0 atom stereocenters. The molecule has 0 saturated carbocycles. The summed E-state index contributed by atoms with van der Waals surface area (Å²) in [4.78, 5) is 23.8. The van der Waals surface area contributed by atoms with Gasteiger partial charge < -0.3 is 14.2 Å². The Bertz CT molecular complexity index is 1370. The van der Waals surface area contributed by atoms with Crippen LogP contribution in [0.15, 0.2) is 77.9 Å². The molecule has 0 aliphatic carbocycles. The number of benzene rings is 2. The Morgan fingerprint density at radius 3 is 2.46 bits per heavy atom. The number of morpholine rings is 1. The van der Waals surface area contributed by atoms with Crippen LogP contribution in [0.5, 0.6) is 11.5 Å². The molecule has 1 saturated heterocycles. The molecule has 1 fully saturated rings. The molecule has 2 aromatic carbocycles. The van der Waals surface area contributed by atoms with E-state index in [-0.39, 0.29) is 5.56 Å². The van der Waals surface area contributed by atoms with Gasteiger partial charge in [0.05, 0.1) is 45.0 Å². The van der Waals surface area contributed by atoms with E-state index >= 15 is 0 Å². The molecule has 0 spiro atoms. The Hall–Kier alpha value is -4.08. The minimum absolute atomic E-state index is 0.169. The van der Waals surface area contributed by atoms with Crippen LogP contribution >= 0.6 is 0 Å². The van der Waals surface area contributed by atoms with Gasteiger partial charge in [-0.2, -0.15) is 5.10 Å². The molecule has 9 heteroatoms. The van der Waals surface area contributed by atoms with E-state index in [2.05, 4.69) is 20.0 Å². The Labute approximate surface area is 215 Å². The van der Waals surface area contributed by atoms with Gasteiger partial charge >= 0.3 is 0 Å². The smallest absolute Gasteiger partial charge is 0.267 e. The van der Waals surface area contributed by atoms with Crippen LogP contribution in [-0.2, 0) is 11.3 Å². The van der Waals surface area contributed by atoms with Gasteiger partial charge in [-0.3, -0.25) is 9.69 Å². The summed E-state index contributed by atoms with van der Waals surface area (Å²) in [5, 5.41) is 4.57. The molecule has 0 N–H and O–H groups in total. The fourth-order valence-electron chi connectivity index (χ4n) is 4.12. The summed E-state index contributed by atoms with van der Waals surface area (Å²) < 4.78 is 17.9. The molecule has 0 radical (unpaired) electrons. The normalized spacial score (nSPS) is 13.9. The number of ether oxygens (including phenoxy) is 3. The van der Waals surface area contributed by atoms with E-state index in [1.165, 1.54) is 10.7 Å². The quantitative estimate of drug-likeness (QED) is 0.347. The van der Waals surface area contributed by atoms with Gasteiger partial charge in [0.1, 0.15) is 12.4 Å². The third-order valence-electron chi connectivity index (χ3n) is 6.18. The minimum Gasteiger partial charge on any atom is -0.497 e. The highest BCUT2D eigenvalue weighted by molar-refractivity contribution is 5.59. The van der Waals surface area contributed by atoms with Crippen molar-refractivity contribution in [3.8, 4) is 34.1 Å².